The van der Waals surface area contributed by atoms with Crippen molar-refractivity contribution in [3.63, 3.8) is 0 Å². The summed E-state index contributed by atoms with van der Waals surface area (Å²) in [5.41, 5.74) is 0.729. The molecule has 0 bridgehead atoms. The lowest BCUT2D eigenvalue weighted by molar-refractivity contribution is 0.391. The minimum Gasteiger partial charge on any atom is -0.269 e. The summed E-state index contributed by atoms with van der Waals surface area (Å²) < 4.78 is 12.4. The standard InChI is InChI=1S/C6H8FN/c1-5-4-8-3-2-6(5)7/h3-4,6H,2H2,1H3. The first-order valence-corrected chi connectivity index (χ1v) is 2.63. The zero-order valence-electron chi connectivity index (χ0n) is 4.76. The van der Waals surface area contributed by atoms with Gasteiger partial charge in [-0.2, -0.15) is 0 Å². The van der Waals surface area contributed by atoms with Crippen LogP contribution in [0.1, 0.15) is 13.3 Å². The zero-order valence-corrected chi connectivity index (χ0v) is 4.76. The summed E-state index contributed by atoms with van der Waals surface area (Å²) in [4.78, 5) is 3.78. The molecule has 0 aromatic rings. The highest BCUT2D eigenvalue weighted by molar-refractivity contribution is 5.61. The SMILES string of the molecule is CC1=CN=CCC1F. The van der Waals surface area contributed by atoms with Crippen molar-refractivity contribution in [3.8, 4) is 0 Å². The van der Waals surface area contributed by atoms with Crippen molar-refractivity contribution < 1.29 is 4.39 Å². The Bertz CT molecular complexity index is 137. The average Bonchev–Trinajstić information content (AvgIpc) is 1.77. The van der Waals surface area contributed by atoms with E-state index in [4.69, 9.17) is 0 Å². The monoisotopic (exact) mass is 113 g/mol. The van der Waals surface area contributed by atoms with Crippen LogP contribution in [0.4, 0.5) is 4.39 Å². The largest absolute Gasteiger partial charge is 0.269 e. The normalized spacial score (nSPS) is 27.8. The van der Waals surface area contributed by atoms with E-state index >= 15 is 0 Å². The quantitative estimate of drug-likeness (QED) is 0.453. The number of nitrogens with zero attached hydrogens (tertiary/aromatic N) is 1. The molecule has 1 aliphatic rings. The van der Waals surface area contributed by atoms with E-state index in [1.807, 2.05) is 0 Å². The van der Waals surface area contributed by atoms with Crippen LogP contribution in [0.5, 0.6) is 0 Å². The summed E-state index contributed by atoms with van der Waals surface area (Å²) in [7, 11) is 0. The van der Waals surface area contributed by atoms with Crippen LogP contribution in [0.25, 0.3) is 0 Å². The molecule has 0 N–H and O–H groups in total. The van der Waals surface area contributed by atoms with Gasteiger partial charge in [-0.05, 0) is 12.5 Å². The van der Waals surface area contributed by atoms with Crippen molar-refractivity contribution in [2.75, 3.05) is 0 Å². The lowest BCUT2D eigenvalue weighted by atomic mass is 10.1. The van der Waals surface area contributed by atoms with Crippen LogP contribution in [0.3, 0.4) is 0 Å². The van der Waals surface area contributed by atoms with Gasteiger partial charge in [0.25, 0.3) is 0 Å². The number of halogens is 1. The molecule has 0 spiro atoms. The molecule has 0 fully saturated rings. The molecular formula is C6H8FN. The minimum absolute atomic E-state index is 0.447. The predicted octanol–water partition coefficient (Wildman–Crippen LogP) is 1.70. The summed E-state index contributed by atoms with van der Waals surface area (Å²) in [5.74, 6) is 0. The van der Waals surface area contributed by atoms with E-state index in [1.54, 1.807) is 19.3 Å². The van der Waals surface area contributed by atoms with Gasteiger partial charge in [0, 0.05) is 18.8 Å². The number of hydrogen-bond acceptors (Lipinski definition) is 1. The highest BCUT2D eigenvalue weighted by Crippen LogP contribution is 2.11. The van der Waals surface area contributed by atoms with Crippen molar-refractivity contribution in [3.05, 3.63) is 11.8 Å². The number of allylic oxidation sites excluding steroid dienone is 1. The Kier molecular flexibility index (Phi) is 1.42. The Labute approximate surface area is 47.9 Å². The summed E-state index contributed by atoms with van der Waals surface area (Å²) in [6.07, 6.45) is 2.82. The minimum atomic E-state index is -0.785. The first-order valence-electron chi connectivity index (χ1n) is 2.63. The Morgan fingerprint density at radius 2 is 2.62 bits per heavy atom. The fourth-order valence-corrected chi connectivity index (χ4v) is 0.590. The smallest absolute Gasteiger partial charge is 0.128 e. The van der Waals surface area contributed by atoms with Gasteiger partial charge in [0.05, 0.1) is 0 Å². The second kappa shape index (κ2) is 2.07. The molecule has 0 aromatic heterocycles. The van der Waals surface area contributed by atoms with Gasteiger partial charge in [-0.3, -0.25) is 4.99 Å². The first-order chi connectivity index (χ1) is 3.80. The first kappa shape index (κ1) is 5.48. The lowest BCUT2D eigenvalue weighted by Crippen LogP contribution is -2.04. The van der Waals surface area contributed by atoms with Gasteiger partial charge in [0.2, 0.25) is 0 Å². The van der Waals surface area contributed by atoms with Crippen molar-refractivity contribution in [1.29, 1.82) is 0 Å². The maximum absolute atomic E-state index is 12.4. The number of rotatable bonds is 0. The van der Waals surface area contributed by atoms with E-state index in [9.17, 15) is 4.39 Å². The van der Waals surface area contributed by atoms with Gasteiger partial charge in [0.15, 0.2) is 0 Å². The van der Waals surface area contributed by atoms with Gasteiger partial charge in [0.1, 0.15) is 6.17 Å². The zero-order chi connectivity index (χ0) is 5.98. The molecule has 2 heteroatoms. The molecule has 0 radical (unpaired) electrons. The van der Waals surface area contributed by atoms with Gasteiger partial charge >= 0.3 is 0 Å². The van der Waals surface area contributed by atoms with Gasteiger partial charge in [-0.1, -0.05) is 0 Å². The molecule has 0 aromatic carbocycles. The second-order valence-corrected chi connectivity index (χ2v) is 1.91. The van der Waals surface area contributed by atoms with Crippen LogP contribution < -0.4 is 0 Å². The molecule has 0 saturated carbocycles. The van der Waals surface area contributed by atoms with Crippen LogP contribution >= 0.6 is 0 Å². The third-order valence-electron chi connectivity index (χ3n) is 1.19. The molecule has 1 nitrogen and oxygen atoms in total. The third-order valence-corrected chi connectivity index (χ3v) is 1.19. The highest BCUT2D eigenvalue weighted by atomic mass is 19.1. The van der Waals surface area contributed by atoms with Gasteiger partial charge < -0.3 is 0 Å². The number of aliphatic imine (C=N–C) groups is 1. The lowest BCUT2D eigenvalue weighted by Gasteiger charge is -2.06. The molecular weight excluding hydrogens is 105 g/mol. The molecule has 0 amide bonds. The van der Waals surface area contributed by atoms with Crippen LogP contribution in [-0.2, 0) is 0 Å². The summed E-state index contributed by atoms with van der Waals surface area (Å²) in [6.45, 7) is 1.75. The Balaban J connectivity index is 2.66. The topological polar surface area (TPSA) is 12.4 Å². The Hall–Kier alpha value is -0.660. The van der Waals surface area contributed by atoms with E-state index in [2.05, 4.69) is 4.99 Å². The Morgan fingerprint density at radius 3 is 3.00 bits per heavy atom. The fraction of sp³-hybridized carbons (Fsp3) is 0.500. The summed E-state index contributed by atoms with van der Waals surface area (Å²) in [5, 5.41) is 0. The van der Waals surface area contributed by atoms with E-state index in [0.29, 0.717) is 6.42 Å². The van der Waals surface area contributed by atoms with Crippen molar-refractivity contribution in [2.24, 2.45) is 4.99 Å². The third kappa shape index (κ3) is 0.941. The van der Waals surface area contributed by atoms with Crippen LogP contribution in [0.2, 0.25) is 0 Å². The van der Waals surface area contributed by atoms with Crippen molar-refractivity contribution in [1.82, 2.24) is 0 Å². The van der Waals surface area contributed by atoms with Crippen molar-refractivity contribution >= 4 is 6.21 Å². The van der Waals surface area contributed by atoms with Gasteiger partial charge in [-0.15, -0.1) is 0 Å². The highest BCUT2D eigenvalue weighted by Gasteiger charge is 2.08. The molecule has 1 heterocycles. The van der Waals surface area contributed by atoms with E-state index in [1.165, 1.54) is 0 Å². The van der Waals surface area contributed by atoms with E-state index in [0.717, 1.165) is 5.57 Å². The van der Waals surface area contributed by atoms with Crippen LogP contribution in [0, 0.1) is 0 Å². The summed E-state index contributed by atoms with van der Waals surface area (Å²) in [6, 6.07) is 0. The Morgan fingerprint density at radius 1 is 1.88 bits per heavy atom. The predicted molar refractivity (Wildman–Crippen MR) is 31.8 cm³/mol. The van der Waals surface area contributed by atoms with Crippen LogP contribution in [0.15, 0.2) is 16.8 Å². The molecule has 8 heavy (non-hydrogen) atoms. The molecule has 1 atom stereocenters. The average molecular weight is 113 g/mol. The molecule has 0 saturated heterocycles. The van der Waals surface area contributed by atoms with Crippen LogP contribution in [-0.4, -0.2) is 12.4 Å². The second-order valence-electron chi connectivity index (χ2n) is 1.91. The molecule has 1 aliphatic heterocycles. The van der Waals surface area contributed by atoms with E-state index in [-0.39, 0.29) is 0 Å². The maximum Gasteiger partial charge on any atom is 0.128 e. The molecule has 1 rings (SSSR count). The maximum atomic E-state index is 12.4. The van der Waals surface area contributed by atoms with Crippen molar-refractivity contribution in [2.45, 2.75) is 19.5 Å². The number of hydrogen-bond donors (Lipinski definition) is 0. The molecule has 0 aliphatic carbocycles. The molecule has 1 unspecified atom stereocenters. The summed E-state index contributed by atoms with van der Waals surface area (Å²) >= 11 is 0. The van der Waals surface area contributed by atoms with E-state index < -0.39 is 6.17 Å². The number of alkyl halides is 1. The fourth-order valence-electron chi connectivity index (χ4n) is 0.590. The van der Waals surface area contributed by atoms with Gasteiger partial charge in [-0.25, -0.2) is 4.39 Å². The molecule has 44 valence electrons.